The largest absolute Gasteiger partial charge is 0.462 e. The van der Waals surface area contributed by atoms with Crippen molar-refractivity contribution in [3.63, 3.8) is 0 Å². The lowest BCUT2D eigenvalue weighted by Gasteiger charge is -2.18. The van der Waals surface area contributed by atoms with Crippen LogP contribution >= 0.6 is 0 Å². The molecule has 0 saturated carbocycles. The Balaban J connectivity index is 4.53. The van der Waals surface area contributed by atoms with Crippen LogP contribution in [0, 0.1) is 0 Å². The van der Waals surface area contributed by atoms with Crippen molar-refractivity contribution in [1.82, 2.24) is 0 Å². The second kappa shape index (κ2) is 61.8. The van der Waals surface area contributed by atoms with Gasteiger partial charge >= 0.3 is 17.9 Å². The maximum Gasteiger partial charge on any atom is 0.306 e. The summed E-state index contributed by atoms with van der Waals surface area (Å²) < 4.78 is 16.8. The SMILES string of the molecule is CC/C=C\C/C=C\C/C=C\C/C=C\C/C=C\C/C=C\C/C=C\CCCC(=O)OCC(COC(=O)CCCCCCC/C=C\C/C=C\C/C=C\CC)OC(=O)CCCCCCCCCCC/C=C\C/C=C\CCCCC. The summed E-state index contributed by atoms with van der Waals surface area (Å²) in [6.07, 6.45) is 88.4. The van der Waals surface area contributed by atoms with Gasteiger partial charge in [-0.3, -0.25) is 14.4 Å². The predicted molar refractivity (Wildman–Crippen MR) is 325 cm³/mol. The zero-order valence-corrected chi connectivity index (χ0v) is 48.3. The number of unbranched alkanes of at least 4 members (excludes halogenated alkanes) is 18. The number of allylic oxidation sites excluding steroid dienone is 24. The molecule has 0 aliphatic heterocycles. The maximum atomic E-state index is 12.9. The minimum Gasteiger partial charge on any atom is -0.462 e. The summed E-state index contributed by atoms with van der Waals surface area (Å²) in [7, 11) is 0. The van der Waals surface area contributed by atoms with Crippen molar-refractivity contribution in [3.8, 4) is 0 Å². The highest BCUT2D eigenvalue weighted by atomic mass is 16.6. The first-order chi connectivity index (χ1) is 37.0. The smallest absolute Gasteiger partial charge is 0.306 e. The van der Waals surface area contributed by atoms with E-state index in [0.29, 0.717) is 19.3 Å². The minimum absolute atomic E-state index is 0.112. The third-order valence-corrected chi connectivity index (χ3v) is 12.3. The van der Waals surface area contributed by atoms with Crippen molar-refractivity contribution in [2.45, 2.75) is 258 Å². The number of esters is 3. The van der Waals surface area contributed by atoms with Gasteiger partial charge in [0.15, 0.2) is 6.10 Å². The molecular formula is C69H110O6. The Labute approximate surface area is 461 Å². The van der Waals surface area contributed by atoms with Crippen molar-refractivity contribution < 1.29 is 28.6 Å². The Morgan fingerprint density at radius 3 is 0.867 bits per heavy atom. The second-order valence-corrected chi connectivity index (χ2v) is 19.5. The van der Waals surface area contributed by atoms with E-state index in [4.69, 9.17) is 14.2 Å². The zero-order chi connectivity index (χ0) is 54.3. The molecule has 0 rings (SSSR count). The molecule has 0 aliphatic carbocycles. The summed E-state index contributed by atoms with van der Waals surface area (Å²) in [6.45, 7) is 6.32. The fraction of sp³-hybridized carbons (Fsp3) is 0.609. The van der Waals surface area contributed by atoms with E-state index < -0.39 is 6.10 Å². The molecule has 0 spiro atoms. The molecule has 0 saturated heterocycles. The van der Waals surface area contributed by atoms with Gasteiger partial charge in [-0.1, -0.05) is 244 Å². The third kappa shape index (κ3) is 60.0. The van der Waals surface area contributed by atoms with Gasteiger partial charge in [0.25, 0.3) is 0 Å². The van der Waals surface area contributed by atoms with E-state index in [9.17, 15) is 14.4 Å². The number of hydrogen-bond acceptors (Lipinski definition) is 6. The molecule has 0 aromatic carbocycles. The van der Waals surface area contributed by atoms with Crippen molar-refractivity contribution in [2.75, 3.05) is 13.2 Å². The highest BCUT2D eigenvalue weighted by Gasteiger charge is 2.19. The van der Waals surface area contributed by atoms with Gasteiger partial charge in [-0.15, -0.1) is 0 Å². The Morgan fingerprint density at radius 2 is 0.533 bits per heavy atom. The Bertz CT molecular complexity index is 1660. The average molecular weight is 1040 g/mol. The molecular weight excluding hydrogens is 925 g/mol. The van der Waals surface area contributed by atoms with Crippen LogP contribution in [0.25, 0.3) is 0 Å². The zero-order valence-electron chi connectivity index (χ0n) is 48.3. The first-order valence-corrected chi connectivity index (χ1v) is 30.3. The lowest BCUT2D eigenvalue weighted by Crippen LogP contribution is -2.30. The van der Waals surface area contributed by atoms with Crippen LogP contribution in [0.4, 0.5) is 0 Å². The fourth-order valence-corrected chi connectivity index (χ4v) is 7.83. The molecule has 0 fully saturated rings. The molecule has 75 heavy (non-hydrogen) atoms. The summed E-state index contributed by atoms with van der Waals surface area (Å²) in [5.41, 5.74) is 0. The van der Waals surface area contributed by atoms with Crippen LogP contribution in [0.15, 0.2) is 146 Å². The van der Waals surface area contributed by atoms with Gasteiger partial charge in [0.2, 0.25) is 0 Å². The molecule has 0 amide bonds. The monoisotopic (exact) mass is 1030 g/mol. The van der Waals surface area contributed by atoms with E-state index in [1.165, 1.54) is 70.6 Å². The van der Waals surface area contributed by atoms with Gasteiger partial charge in [-0.05, 0) is 135 Å². The van der Waals surface area contributed by atoms with Crippen molar-refractivity contribution in [2.24, 2.45) is 0 Å². The highest BCUT2D eigenvalue weighted by molar-refractivity contribution is 5.71. The van der Waals surface area contributed by atoms with Crippen molar-refractivity contribution in [3.05, 3.63) is 146 Å². The molecule has 422 valence electrons. The molecule has 0 aromatic heterocycles. The molecule has 0 radical (unpaired) electrons. The minimum atomic E-state index is -0.819. The number of carbonyl (C=O) groups is 3. The van der Waals surface area contributed by atoms with E-state index in [0.717, 1.165) is 135 Å². The Hall–Kier alpha value is -4.71. The second-order valence-electron chi connectivity index (χ2n) is 19.5. The van der Waals surface area contributed by atoms with Crippen LogP contribution < -0.4 is 0 Å². The number of ether oxygens (including phenoxy) is 3. The molecule has 1 atom stereocenters. The number of carbonyl (C=O) groups excluding carboxylic acids is 3. The lowest BCUT2D eigenvalue weighted by molar-refractivity contribution is -0.167. The van der Waals surface area contributed by atoms with Gasteiger partial charge in [0.1, 0.15) is 13.2 Å². The summed E-state index contributed by atoms with van der Waals surface area (Å²) >= 11 is 0. The van der Waals surface area contributed by atoms with Crippen LogP contribution in [0.5, 0.6) is 0 Å². The average Bonchev–Trinajstić information content (AvgIpc) is 3.41. The van der Waals surface area contributed by atoms with E-state index >= 15 is 0 Å². The van der Waals surface area contributed by atoms with Crippen LogP contribution in [-0.4, -0.2) is 37.2 Å². The predicted octanol–water partition coefficient (Wildman–Crippen LogP) is 20.8. The summed E-state index contributed by atoms with van der Waals surface area (Å²) in [5, 5.41) is 0. The third-order valence-electron chi connectivity index (χ3n) is 12.3. The quantitative estimate of drug-likeness (QED) is 0.0261. The van der Waals surface area contributed by atoms with Gasteiger partial charge in [0.05, 0.1) is 0 Å². The fourth-order valence-electron chi connectivity index (χ4n) is 7.83. The normalized spacial score (nSPS) is 13.2. The molecule has 6 nitrogen and oxygen atoms in total. The van der Waals surface area contributed by atoms with Crippen LogP contribution in [0.3, 0.4) is 0 Å². The van der Waals surface area contributed by atoms with Crippen LogP contribution in [-0.2, 0) is 28.6 Å². The molecule has 1 unspecified atom stereocenters. The van der Waals surface area contributed by atoms with Gasteiger partial charge in [0, 0.05) is 19.3 Å². The highest BCUT2D eigenvalue weighted by Crippen LogP contribution is 2.14. The molecule has 0 aromatic rings. The molecule has 0 heterocycles. The van der Waals surface area contributed by atoms with Gasteiger partial charge < -0.3 is 14.2 Å². The van der Waals surface area contributed by atoms with Crippen molar-refractivity contribution >= 4 is 17.9 Å². The van der Waals surface area contributed by atoms with Gasteiger partial charge in [-0.2, -0.15) is 0 Å². The Kier molecular flexibility index (Phi) is 58.0. The molecule has 0 N–H and O–H groups in total. The first-order valence-electron chi connectivity index (χ1n) is 30.3. The standard InChI is InChI=1S/C69H110O6/c1-4-7-10-13-16-19-22-25-28-30-32-33-34-35-37-38-41-44-47-50-53-56-59-62-68(71)74-65-66(64-73-67(70)61-58-55-52-49-46-43-40-27-24-21-18-15-12-9-6-3)75-69(72)63-60-57-54-51-48-45-42-39-36-31-29-26-23-20-17-14-11-8-5-2/h7,9-10,12,16-21,25-29,32-33,35,37,40-41,44,50,53,66H,4-6,8,11,13-15,22-24,30-31,34,36,38-39,42-43,45-49,51-52,54-65H2,1-3H3/b10-7-,12-9-,19-16-,20-17-,21-18-,28-25-,29-26-,33-32-,37-35-,40-27-,44-41-,53-50-. The van der Waals surface area contributed by atoms with Gasteiger partial charge in [-0.25, -0.2) is 0 Å². The van der Waals surface area contributed by atoms with Crippen LogP contribution in [0.1, 0.15) is 252 Å². The van der Waals surface area contributed by atoms with E-state index in [2.05, 4.69) is 167 Å². The molecule has 6 heteroatoms. The first kappa shape index (κ1) is 70.3. The topological polar surface area (TPSA) is 78.9 Å². The number of rotatable bonds is 53. The summed E-state index contributed by atoms with van der Waals surface area (Å²) in [5.74, 6) is -0.996. The molecule has 0 aliphatic rings. The summed E-state index contributed by atoms with van der Waals surface area (Å²) in [4.78, 5) is 38.2. The summed E-state index contributed by atoms with van der Waals surface area (Å²) in [6, 6.07) is 0. The Morgan fingerprint density at radius 1 is 0.280 bits per heavy atom. The van der Waals surface area contributed by atoms with E-state index in [-0.39, 0.29) is 37.5 Å². The molecule has 0 bridgehead atoms. The maximum absolute atomic E-state index is 12.9. The number of hydrogen-bond donors (Lipinski definition) is 0. The van der Waals surface area contributed by atoms with Crippen LogP contribution in [0.2, 0.25) is 0 Å². The van der Waals surface area contributed by atoms with E-state index in [1.54, 1.807) is 0 Å². The lowest BCUT2D eigenvalue weighted by atomic mass is 10.1. The van der Waals surface area contributed by atoms with E-state index in [1.807, 2.05) is 0 Å². The van der Waals surface area contributed by atoms with Crippen molar-refractivity contribution in [1.29, 1.82) is 0 Å².